The van der Waals surface area contributed by atoms with E-state index in [9.17, 15) is 4.79 Å². The third-order valence-electron chi connectivity index (χ3n) is 4.31. The molecular formula is C16H22N6O2. The topological polar surface area (TPSA) is 80.3 Å². The van der Waals surface area contributed by atoms with Crippen molar-refractivity contribution in [3.05, 3.63) is 35.7 Å². The van der Waals surface area contributed by atoms with Crippen LogP contribution in [0.5, 0.6) is 0 Å². The van der Waals surface area contributed by atoms with Crippen molar-refractivity contribution in [1.82, 2.24) is 29.7 Å². The highest BCUT2D eigenvalue weighted by molar-refractivity contribution is 5.91. The first kappa shape index (κ1) is 16.4. The van der Waals surface area contributed by atoms with Crippen LogP contribution in [0.25, 0.3) is 6.08 Å². The van der Waals surface area contributed by atoms with Gasteiger partial charge in [-0.15, -0.1) is 0 Å². The summed E-state index contributed by atoms with van der Waals surface area (Å²) in [5.41, 5.74) is 0.906. The SMILES string of the molecule is Cc1nc(CN(C)C2CCN(C(=O)/C=C/c3ccnn3C)C2)no1. The van der Waals surface area contributed by atoms with E-state index in [0.29, 0.717) is 30.8 Å². The average molecular weight is 330 g/mol. The number of aryl methyl sites for hydroxylation is 2. The minimum Gasteiger partial charge on any atom is -0.340 e. The van der Waals surface area contributed by atoms with Gasteiger partial charge >= 0.3 is 0 Å². The summed E-state index contributed by atoms with van der Waals surface area (Å²) >= 11 is 0. The Labute approximate surface area is 140 Å². The standard InChI is InChI=1S/C16H22N6O2/c1-12-18-15(19-24-12)11-20(2)14-7-9-22(10-14)16(23)5-4-13-6-8-17-21(13)3/h4-6,8,14H,7,9-11H2,1-3H3/b5-4+. The van der Waals surface area contributed by atoms with Crippen LogP contribution in [0.3, 0.4) is 0 Å². The van der Waals surface area contributed by atoms with E-state index in [-0.39, 0.29) is 5.91 Å². The molecule has 1 aliphatic rings. The highest BCUT2D eigenvalue weighted by Crippen LogP contribution is 2.16. The van der Waals surface area contributed by atoms with Crippen LogP contribution in [-0.4, -0.2) is 61.8 Å². The number of carbonyl (C=O) groups excluding carboxylic acids is 1. The van der Waals surface area contributed by atoms with Crippen molar-refractivity contribution in [2.45, 2.75) is 25.9 Å². The van der Waals surface area contributed by atoms with Crippen molar-refractivity contribution in [2.75, 3.05) is 20.1 Å². The Morgan fingerprint density at radius 3 is 3.04 bits per heavy atom. The van der Waals surface area contributed by atoms with E-state index in [1.807, 2.05) is 25.1 Å². The number of likely N-dealkylation sites (N-methyl/N-ethyl adjacent to an activating group) is 1. The van der Waals surface area contributed by atoms with Gasteiger partial charge in [0.15, 0.2) is 5.82 Å². The van der Waals surface area contributed by atoms with E-state index in [1.54, 1.807) is 30.0 Å². The molecule has 0 bridgehead atoms. The van der Waals surface area contributed by atoms with Gasteiger partial charge in [-0.3, -0.25) is 14.4 Å². The normalized spacial score (nSPS) is 18.2. The van der Waals surface area contributed by atoms with Gasteiger partial charge in [-0.05, 0) is 25.6 Å². The Morgan fingerprint density at radius 1 is 1.54 bits per heavy atom. The van der Waals surface area contributed by atoms with Gasteiger partial charge in [0.05, 0.1) is 12.2 Å². The molecule has 0 radical (unpaired) electrons. The van der Waals surface area contributed by atoms with E-state index in [4.69, 9.17) is 4.52 Å². The number of hydrogen-bond acceptors (Lipinski definition) is 6. The molecule has 1 amide bonds. The molecule has 3 heterocycles. The maximum absolute atomic E-state index is 12.3. The summed E-state index contributed by atoms with van der Waals surface area (Å²) in [7, 11) is 3.88. The smallest absolute Gasteiger partial charge is 0.246 e. The van der Waals surface area contributed by atoms with Gasteiger partial charge in [0, 0.05) is 45.4 Å². The lowest BCUT2D eigenvalue weighted by Crippen LogP contribution is -2.35. The van der Waals surface area contributed by atoms with Gasteiger partial charge in [-0.2, -0.15) is 10.1 Å². The van der Waals surface area contributed by atoms with Crippen LogP contribution < -0.4 is 0 Å². The third kappa shape index (κ3) is 3.70. The van der Waals surface area contributed by atoms with Crippen molar-refractivity contribution in [1.29, 1.82) is 0 Å². The van der Waals surface area contributed by atoms with Gasteiger partial charge in [-0.1, -0.05) is 5.16 Å². The van der Waals surface area contributed by atoms with Crippen LogP contribution in [0.4, 0.5) is 0 Å². The molecule has 1 saturated heterocycles. The van der Waals surface area contributed by atoms with E-state index in [1.165, 1.54) is 0 Å². The van der Waals surface area contributed by atoms with Crippen LogP contribution >= 0.6 is 0 Å². The zero-order valence-corrected chi connectivity index (χ0v) is 14.2. The lowest BCUT2D eigenvalue weighted by atomic mass is 10.2. The summed E-state index contributed by atoms with van der Waals surface area (Å²) in [5.74, 6) is 1.28. The van der Waals surface area contributed by atoms with E-state index >= 15 is 0 Å². The largest absolute Gasteiger partial charge is 0.340 e. The molecule has 1 aliphatic heterocycles. The first-order valence-corrected chi connectivity index (χ1v) is 7.97. The number of rotatable bonds is 5. The van der Waals surface area contributed by atoms with E-state index in [2.05, 4.69) is 20.1 Å². The second kappa shape index (κ2) is 6.96. The van der Waals surface area contributed by atoms with Crippen LogP contribution in [0.2, 0.25) is 0 Å². The van der Waals surface area contributed by atoms with E-state index < -0.39 is 0 Å². The number of hydrogen-bond donors (Lipinski definition) is 0. The average Bonchev–Trinajstić information content (AvgIpc) is 3.26. The first-order chi connectivity index (χ1) is 11.5. The number of likely N-dealkylation sites (tertiary alicyclic amines) is 1. The molecule has 0 N–H and O–H groups in total. The summed E-state index contributed by atoms with van der Waals surface area (Å²) in [6.07, 6.45) is 6.07. The Morgan fingerprint density at radius 2 is 2.38 bits per heavy atom. The second-order valence-corrected chi connectivity index (χ2v) is 6.08. The molecule has 1 fully saturated rings. The maximum atomic E-state index is 12.3. The van der Waals surface area contributed by atoms with Gasteiger partial charge < -0.3 is 9.42 Å². The summed E-state index contributed by atoms with van der Waals surface area (Å²) in [4.78, 5) is 20.6. The van der Waals surface area contributed by atoms with Crippen molar-refractivity contribution in [3.63, 3.8) is 0 Å². The molecule has 24 heavy (non-hydrogen) atoms. The predicted octanol–water partition coefficient (Wildman–Crippen LogP) is 0.858. The number of aromatic nitrogens is 4. The summed E-state index contributed by atoms with van der Waals surface area (Å²) in [6.45, 7) is 3.87. The fourth-order valence-corrected chi connectivity index (χ4v) is 2.87. The quantitative estimate of drug-likeness (QED) is 0.757. The minimum atomic E-state index is 0.0301. The van der Waals surface area contributed by atoms with Gasteiger partial charge in [0.2, 0.25) is 11.8 Å². The molecule has 8 heteroatoms. The number of nitrogens with zero attached hydrogens (tertiary/aromatic N) is 6. The Hall–Kier alpha value is -2.48. The summed E-state index contributed by atoms with van der Waals surface area (Å²) < 4.78 is 6.73. The van der Waals surface area contributed by atoms with Crippen molar-refractivity contribution < 1.29 is 9.32 Å². The van der Waals surface area contributed by atoms with Gasteiger partial charge in [0.25, 0.3) is 0 Å². The zero-order chi connectivity index (χ0) is 17.1. The molecule has 0 saturated carbocycles. The molecule has 2 aromatic heterocycles. The molecule has 3 rings (SSSR count). The molecule has 0 aliphatic carbocycles. The van der Waals surface area contributed by atoms with Crippen molar-refractivity contribution in [2.24, 2.45) is 7.05 Å². The minimum absolute atomic E-state index is 0.0301. The lowest BCUT2D eigenvalue weighted by Gasteiger charge is -2.22. The number of carbonyl (C=O) groups is 1. The molecule has 2 aromatic rings. The molecule has 1 unspecified atom stereocenters. The number of amides is 1. The van der Waals surface area contributed by atoms with E-state index in [0.717, 1.165) is 18.7 Å². The van der Waals surface area contributed by atoms with Crippen molar-refractivity contribution >= 4 is 12.0 Å². The van der Waals surface area contributed by atoms with Crippen molar-refractivity contribution in [3.8, 4) is 0 Å². The third-order valence-corrected chi connectivity index (χ3v) is 4.31. The second-order valence-electron chi connectivity index (χ2n) is 6.08. The predicted molar refractivity (Wildman–Crippen MR) is 87.7 cm³/mol. The first-order valence-electron chi connectivity index (χ1n) is 7.97. The highest BCUT2D eigenvalue weighted by atomic mass is 16.5. The lowest BCUT2D eigenvalue weighted by molar-refractivity contribution is -0.125. The molecule has 8 nitrogen and oxygen atoms in total. The maximum Gasteiger partial charge on any atom is 0.246 e. The molecule has 0 spiro atoms. The summed E-state index contributed by atoms with van der Waals surface area (Å²) in [6, 6.07) is 2.18. The highest BCUT2D eigenvalue weighted by Gasteiger charge is 2.28. The fraction of sp³-hybridized carbons (Fsp3) is 0.500. The Balaban J connectivity index is 1.53. The Bertz CT molecular complexity index is 735. The van der Waals surface area contributed by atoms with Gasteiger partial charge in [-0.25, -0.2) is 0 Å². The zero-order valence-electron chi connectivity index (χ0n) is 14.2. The monoisotopic (exact) mass is 330 g/mol. The summed E-state index contributed by atoms with van der Waals surface area (Å²) in [5, 5.41) is 8.00. The molecule has 0 aromatic carbocycles. The van der Waals surface area contributed by atoms with Crippen LogP contribution in [-0.2, 0) is 18.4 Å². The fourth-order valence-electron chi connectivity index (χ4n) is 2.87. The van der Waals surface area contributed by atoms with Crippen LogP contribution in [0.15, 0.2) is 22.9 Å². The Kier molecular flexibility index (Phi) is 4.75. The molecule has 1 atom stereocenters. The van der Waals surface area contributed by atoms with Gasteiger partial charge in [0.1, 0.15) is 0 Å². The molecular weight excluding hydrogens is 308 g/mol. The van der Waals surface area contributed by atoms with Crippen LogP contribution in [0.1, 0.15) is 23.8 Å². The molecule has 128 valence electrons. The van der Waals surface area contributed by atoms with Crippen LogP contribution in [0, 0.1) is 6.92 Å².